The number of nitrogens with two attached hydrogens (primary N) is 1. The first kappa shape index (κ1) is 23.5. The smallest absolute Gasteiger partial charge is 0.257 e. The standard InChI is InChI=1S/C20H29ClN4O.ClH/c1-13(2)18(22)10-11-24(5)20(26)19-14(3)23-25(15(19)4)12-16-8-6-7-9-17(16)21;/h6-9,13,18H,10-12,22H2,1-5H3;1H. The molecule has 7 heteroatoms. The fraction of sp³-hybridized carbons (Fsp3) is 0.500. The fourth-order valence-corrected chi connectivity index (χ4v) is 3.11. The monoisotopic (exact) mass is 412 g/mol. The molecule has 2 rings (SSSR count). The first-order valence-corrected chi connectivity index (χ1v) is 9.38. The van der Waals surface area contributed by atoms with Crippen LogP contribution < -0.4 is 5.73 Å². The van der Waals surface area contributed by atoms with E-state index in [1.807, 2.05) is 49.8 Å². The molecule has 1 aromatic heterocycles. The second kappa shape index (κ2) is 10.1. The Hall–Kier alpha value is -1.56. The molecule has 0 saturated heterocycles. The number of carbonyl (C=O) groups is 1. The van der Waals surface area contributed by atoms with E-state index in [0.717, 1.165) is 23.4 Å². The van der Waals surface area contributed by atoms with E-state index in [1.165, 1.54) is 0 Å². The normalized spacial score (nSPS) is 12.0. The molecule has 1 amide bonds. The highest BCUT2D eigenvalue weighted by molar-refractivity contribution is 6.31. The van der Waals surface area contributed by atoms with Crippen molar-refractivity contribution in [2.75, 3.05) is 13.6 Å². The van der Waals surface area contributed by atoms with Gasteiger partial charge in [-0.2, -0.15) is 5.10 Å². The largest absolute Gasteiger partial charge is 0.342 e. The van der Waals surface area contributed by atoms with Crippen LogP contribution in [0.1, 0.15) is 47.6 Å². The molecule has 0 saturated carbocycles. The van der Waals surface area contributed by atoms with E-state index in [0.29, 0.717) is 29.6 Å². The highest BCUT2D eigenvalue weighted by Gasteiger charge is 2.22. The molecule has 1 heterocycles. The second-order valence-corrected chi connectivity index (χ2v) is 7.63. The van der Waals surface area contributed by atoms with Crippen LogP contribution >= 0.6 is 24.0 Å². The number of carbonyl (C=O) groups excluding carboxylic acids is 1. The van der Waals surface area contributed by atoms with Crippen molar-refractivity contribution in [2.45, 2.75) is 46.7 Å². The van der Waals surface area contributed by atoms with Crippen LogP contribution in [0, 0.1) is 19.8 Å². The van der Waals surface area contributed by atoms with E-state index in [9.17, 15) is 4.79 Å². The van der Waals surface area contributed by atoms with E-state index in [1.54, 1.807) is 4.90 Å². The number of rotatable bonds is 7. The summed E-state index contributed by atoms with van der Waals surface area (Å²) in [6.45, 7) is 9.17. The SMILES string of the molecule is Cc1nn(Cc2ccccc2Cl)c(C)c1C(=O)N(C)CCC(N)C(C)C.Cl. The maximum atomic E-state index is 12.9. The van der Waals surface area contributed by atoms with Crippen molar-refractivity contribution in [3.63, 3.8) is 0 Å². The molecular formula is C20H30Cl2N4O. The maximum absolute atomic E-state index is 12.9. The van der Waals surface area contributed by atoms with Gasteiger partial charge in [0.05, 0.1) is 17.8 Å². The summed E-state index contributed by atoms with van der Waals surface area (Å²) in [6.07, 6.45) is 0.783. The molecule has 0 radical (unpaired) electrons. The summed E-state index contributed by atoms with van der Waals surface area (Å²) in [5.74, 6) is 0.390. The molecule has 150 valence electrons. The van der Waals surface area contributed by atoms with Gasteiger partial charge in [0.2, 0.25) is 0 Å². The van der Waals surface area contributed by atoms with Gasteiger partial charge in [0.15, 0.2) is 0 Å². The Morgan fingerprint density at radius 3 is 2.52 bits per heavy atom. The number of hydrogen-bond donors (Lipinski definition) is 1. The van der Waals surface area contributed by atoms with E-state index in [2.05, 4.69) is 18.9 Å². The minimum absolute atomic E-state index is 0. The molecule has 0 spiro atoms. The zero-order valence-corrected chi connectivity index (χ0v) is 18.3. The minimum Gasteiger partial charge on any atom is -0.342 e. The van der Waals surface area contributed by atoms with Crippen molar-refractivity contribution < 1.29 is 4.79 Å². The van der Waals surface area contributed by atoms with Crippen molar-refractivity contribution in [2.24, 2.45) is 11.7 Å². The van der Waals surface area contributed by atoms with Gasteiger partial charge in [-0.05, 0) is 37.8 Å². The number of halogens is 2. The molecule has 0 aliphatic rings. The zero-order chi connectivity index (χ0) is 19.4. The Balaban J connectivity index is 0.00000364. The number of aromatic nitrogens is 2. The molecule has 5 nitrogen and oxygen atoms in total. The van der Waals surface area contributed by atoms with Crippen LogP contribution in [0.15, 0.2) is 24.3 Å². The van der Waals surface area contributed by atoms with Crippen molar-refractivity contribution in [1.29, 1.82) is 0 Å². The zero-order valence-electron chi connectivity index (χ0n) is 16.7. The van der Waals surface area contributed by atoms with Crippen molar-refractivity contribution in [1.82, 2.24) is 14.7 Å². The highest BCUT2D eigenvalue weighted by atomic mass is 35.5. The summed E-state index contributed by atoms with van der Waals surface area (Å²) < 4.78 is 1.84. The lowest BCUT2D eigenvalue weighted by Gasteiger charge is -2.21. The van der Waals surface area contributed by atoms with Gasteiger partial charge in [0.1, 0.15) is 0 Å². The maximum Gasteiger partial charge on any atom is 0.257 e. The number of aryl methyl sites for hydroxylation is 1. The summed E-state index contributed by atoms with van der Waals surface area (Å²) in [5.41, 5.74) is 9.34. The summed E-state index contributed by atoms with van der Waals surface area (Å²) in [4.78, 5) is 14.6. The highest BCUT2D eigenvalue weighted by Crippen LogP contribution is 2.20. The Morgan fingerprint density at radius 1 is 1.30 bits per heavy atom. The predicted molar refractivity (Wildman–Crippen MR) is 114 cm³/mol. The summed E-state index contributed by atoms with van der Waals surface area (Å²) >= 11 is 6.25. The van der Waals surface area contributed by atoms with Crippen LogP contribution in [-0.4, -0.2) is 40.2 Å². The van der Waals surface area contributed by atoms with Crippen LogP contribution in [0.4, 0.5) is 0 Å². The quantitative estimate of drug-likeness (QED) is 0.744. The molecule has 1 aromatic carbocycles. The number of nitrogens with zero attached hydrogens (tertiary/aromatic N) is 3. The lowest BCUT2D eigenvalue weighted by molar-refractivity contribution is 0.0787. The number of amides is 1. The summed E-state index contributed by atoms with van der Waals surface area (Å²) in [7, 11) is 1.82. The molecule has 1 unspecified atom stereocenters. The fourth-order valence-electron chi connectivity index (χ4n) is 2.92. The van der Waals surface area contributed by atoms with Crippen LogP contribution in [-0.2, 0) is 6.54 Å². The van der Waals surface area contributed by atoms with Crippen LogP contribution in [0.2, 0.25) is 5.02 Å². The predicted octanol–water partition coefficient (Wildman–Crippen LogP) is 4.07. The van der Waals surface area contributed by atoms with Gasteiger partial charge < -0.3 is 10.6 Å². The Labute approximate surface area is 173 Å². The molecule has 0 aliphatic carbocycles. The van der Waals surface area contributed by atoms with Gasteiger partial charge in [-0.15, -0.1) is 12.4 Å². The van der Waals surface area contributed by atoms with Gasteiger partial charge in [-0.1, -0.05) is 43.6 Å². The molecule has 1 atom stereocenters. The topological polar surface area (TPSA) is 64.2 Å². The Kier molecular flexibility index (Phi) is 8.79. The van der Waals surface area contributed by atoms with Crippen LogP contribution in [0.3, 0.4) is 0 Å². The van der Waals surface area contributed by atoms with Gasteiger partial charge in [-0.25, -0.2) is 0 Å². The van der Waals surface area contributed by atoms with Gasteiger partial charge in [0.25, 0.3) is 5.91 Å². The average Bonchev–Trinajstić information content (AvgIpc) is 2.87. The van der Waals surface area contributed by atoms with E-state index in [4.69, 9.17) is 17.3 Å². The molecule has 2 N–H and O–H groups in total. The van der Waals surface area contributed by atoms with Gasteiger partial charge >= 0.3 is 0 Å². The van der Waals surface area contributed by atoms with E-state index in [-0.39, 0.29) is 24.4 Å². The van der Waals surface area contributed by atoms with Crippen molar-refractivity contribution >= 4 is 29.9 Å². The van der Waals surface area contributed by atoms with Gasteiger partial charge in [-0.3, -0.25) is 9.48 Å². The van der Waals surface area contributed by atoms with Crippen molar-refractivity contribution in [3.05, 3.63) is 51.8 Å². The Morgan fingerprint density at radius 2 is 1.93 bits per heavy atom. The lowest BCUT2D eigenvalue weighted by atomic mass is 10.0. The van der Waals surface area contributed by atoms with E-state index >= 15 is 0 Å². The molecule has 0 fully saturated rings. The van der Waals surface area contributed by atoms with Gasteiger partial charge in [0, 0.05) is 30.4 Å². The molecular weight excluding hydrogens is 383 g/mol. The first-order valence-electron chi connectivity index (χ1n) is 9.00. The lowest BCUT2D eigenvalue weighted by Crippen LogP contribution is -2.35. The molecule has 27 heavy (non-hydrogen) atoms. The van der Waals surface area contributed by atoms with Crippen LogP contribution in [0.25, 0.3) is 0 Å². The summed E-state index contributed by atoms with van der Waals surface area (Å²) in [6, 6.07) is 7.78. The third-order valence-corrected chi connectivity index (χ3v) is 5.24. The second-order valence-electron chi connectivity index (χ2n) is 7.22. The number of benzene rings is 1. The first-order chi connectivity index (χ1) is 12.2. The average molecular weight is 413 g/mol. The molecule has 0 bridgehead atoms. The number of hydrogen-bond acceptors (Lipinski definition) is 3. The van der Waals surface area contributed by atoms with E-state index < -0.39 is 0 Å². The minimum atomic E-state index is -0.0126. The third kappa shape index (κ3) is 5.71. The summed E-state index contributed by atoms with van der Waals surface area (Å²) in [5, 5.41) is 5.26. The van der Waals surface area contributed by atoms with Crippen molar-refractivity contribution in [3.8, 4) is 0 Å². The third-order valence-electron chi connectivity index (χ3n) is 4.87. The molecule has 2 aromatic rings. The molecule has 0 aliphatic heterocycles. The Bertz CT molecular complexity index is 773. The van der Waals surface area contributed by atoms with Crippen LogP contribution in [0.5, 0.6) is 0 Å².